The van der Waals surface area contributed by atoms with Crippen LogP contribution >= 0.6 is 12.4 Å². The molecule has 90 valence electrons. The second-order valence-corrected chi connectivity index (χ2v) is 3.51. The Hall–Kier alpha value is -1.26. The lowest BCUT2D eigenvalue weighted by atomic mass is 9.95. The molecule has 0 unspecified atom stereocenters. The number of halogens is 1. The molecule has 0 saturated heterocycles. The first kappa shape index (κ1) is 14.7. The number of benzene rings is 1. The number of carboxylic acids is 1. The van der Waals surface area contributed by atoms with Gasteiger partial charge in [0.15, 0.2) is 0 Å². The van der Waals surface area contributed by atoms with Gasteiger partial charge < -0.3 is 15.9 Å². The van der Waals surface area contributed by atoms with Gasteiger partial charge in [-0.3, -0.25) is 0 Å². The number of carboxylic acid groups (broad SMARTS) is 1. The van der Waals surface area contributed by atoms with Gasteiger partial charge in [0, 0.05) is 11.6 Å². The third-order valence-electron chi connectivity index (χ3n) is 2.46. The van der Waals surface area contributed by atoms with Gasteiger partial charge in [-0.05, 0) is 25.0 Å². The van der Waals surface area contributed by atoms with E-state index in [2.05, 4.69) is 0 Å². The number of aryl methyl sites for hydroxylation is 1. The van der Waals surface area contributed by atoms with Crippen LogP contribution in [-0.4, -0.2) is 16.2 Å². The number of aromatic hydroxyl groups is 1. The molecule has 5 heteroatoms. The van der Waals surface area contributed by atoms with E-state index in [9.17, 15) is 9.90 Å². The molecule has 4 nitrogen and oxygen atoms in total. The molecule has 0 amide bonds. The highest BCUT2D eigenvalue weighted by molar-refractivity contribution is 5.90. The monoisotopic (exact) mass is 245 g/mol. The molecule has 1 atom stereocenters. The minimum Gasteiger partial charge on any atom is -0.507 e. The van der Waals surface area contributed by atoms with Crippen LogP contribution in [0.5, 0.6) is 5.75 Å². The minimum atomic E-state index is -1.07. The summed E-state index contributed by atoms with van der Waals surface area (Å²) in [5, 5.41) is 18.7. The topological polar surface area (TPSA) is 83.6 Å². The molecule has 16 heavy (non-hydrogen) atoms. The van der Waals surface area contributed by atoms with E-state index in [1.807, 2.05) is 6.92 Å². The lowest BCUT2D eigenvalue weighted by molar-refractivity contribution is 0.0694. The van der Waals surface area contributed by atoms with E-state index >= 15 is 0 Å². The zero-order valence-electron chi connectivity index (χ0n) is 9.23. The van der Waals surface area contributed by atoms with Gasteiger partial charge in [0.25, 0.3) is 0 Å². The summed E-state index contributed by atoms with van der Waals surface area (Å²) in [6.45, 7) is 3.56. The summed E-state index contributed by atoms with van der Waals surface area (Å²) in [5.41, 5.74) is 6.82. The fraction of sp³-hybridized carbons (Fsp3) is 0.364. The van der Waals surface area contributed by atoms with Crippen LogP contribution in [0.15, 0.2) is 12.1 Å². The van der Waals surface area contributed by atoms with E-state index in [0.717, 1.165) is 0 Å². The first-order chi connectivity index (χ1) is 6.99. The number of phenols is 1. The molecule has 0 aromatic heterocycles. The van der Waals surface area contributed by atoms with Gasteiger partial charge in [0.1, 0.15) is 5.75 Å². The van der Waals surface area contributed by atoms with Crippen LogP contribution < -0.4 is 5.73 Å². The molecule has 0 radical (unpaired) electrons. The van der Waals surface area contributed by atoms with Gasteiger partial charge in [-0.15, -0.1) is 12.4 Å². The maximum absolute atomic E-state index is 10.9. The van der Waals surface area contributed by atoms with Crippen LogP contribution in [0.25, 0.3) is 0 Å². The maximum atomic E-state index is 10.9. The SMILES string of the molecule is CC[C@H](N)c1c(C(=O)O)ccc(C)c1O.Cl. The molecule has 4 N–H and O–H groups in total. The summed E-state index contributed by atoms with van der Waals surface area (Å²) in [7, 11) is 0. The van der Waals surface area contributed by atoms with Gasteiger partial charge >= 0.3 is 5.97 Å². The highest BCUT2D eigenvalue weighted by atomic mass is 35.5. The predicted molar refractivity (Wildman–Crippen MR) is 64.3 cm³/mol. The second kappa shape index (κ2) is 5.72. The molecule has 1 aromatic rings. The number of hydrogen-bond acceptors (Lipinski definition) is 3. The summed E-state index contributed by atoms with van der Waals surface area (Å²) < 4.78 is 0. The van der Waals surface area contributed by atoms with Crippen LogP contribution in [0.3, 0.4) is 0 Å². The Balaban J connectivity index is 0.00000225. The van der Waals surface area contributed by atoms with Crippen molar-refractivity contribution in [1.82, 2.24) is 0 Å². The Kier molecular flexibility index (Phi) is 5.27. The number of hydrogen-bond donors (Lipinski definition) is 3. The van der Waals surface area contributed by atoms with Gasteiger partial charge in [-0.1, -0.05) is 13.0 Å². The van der Waals surface area contributed by atoms with E-state index in [0.29, 0.717) is 17.5 Å². The predicted octanol–water partition coefficient (Wildman–Crippen LogP) is 2.23. The van der Waals surface area contributed by atoms with Crippen molar-refractivity contribution in [3.63, 3.8) is 0 Å². The van der Waals surface area contributed by atoms with Crippen LogP contribution in [-0.2, 0) is 0 Å². The van der Waals surface area contributed by atoms with Crippen molar-refractivity contribution in [3.05, 3.63) is 28.8 Å². The molecule has 0 saturated carbocycles. The normalized spacial score (nSPS) is 11.7. The number of aromatic carboxylic acids is 1. The van der Waals surface area contributed by atoms with Crippen LogP contribution in [0.2, 0.25) is 0 Å². The Bertz CT molecular complexity index is 393. The Morgan fingerprint density at radius 2 is 2.06 bits per heavy atom. The fourth-order valence-corrected chi connectivity index (χ4v) is 1.48. The molecular formula is C11H16ClNO3. The zero-order chi connectivity index (χ0) is 11.6. The largest absolute Gasteiger partial charge is 0.507 e. The van der Waals surface area contributed by atoms with E-state index in [4.69, 9.17) is 10.8 Å². The third-order valence-corrected chi connectivity index (χ3v) is 2.46. The van der Waals surface area contributed by atoms with Crippen molar-refractivity contribution in [2.45, 2.75) is 26.3 Å². The maximum Gasteiger partial charge on any atom is 0.336 e. The molecule has 0 aliphatic carbocycles. The standard InChI is InChI=1S/C11H15NO3.ClH/c1-3-8(12)9-7(11(14)15)5-4-6(2)10(9)13;/h4-5,8,13H,3,12H2,1-2H3,(H,14,15);1H/t8-;/m0./s1. The van der Waals surface area contributed by atoms with Crippen molar-refractivity contribution in [1.29, 1.82) is 0 Å². The van der Waals surface area contributed by atoms with Crippen molar-refractivity contribution in [2.24, 2.45) is 5.73 Å². The Morgan fingerprint density at radius 1 is 1.50 bits per heavy atom. The van der Waals surface area contributed by atoms with Gasteiger partial charge in [-0.25, -0.2) is 4.79 Å². The van der Waals surface area contributed by atoms with E-state index < -0.39 is 12.0 Å². The smallest absolute Gasteiger partial charge is 0.336 e. The van der Waals surface area contributed by atoms with E-state index in [1.165, 1.54) is 6.07 Å². The van der Waals surface area contributed by atoms with Crippen LogP contribution in [0, 0.1) is 6.92 Å². The molecule has 1 aromatic carbocycles. The summed E-state index contributed by atoms with van der Waals surface area (Å²) in [6.07, 6.45) is 0.581. The average Bonchev–Trinajstić information content (AvgIpc) is 2.20. The summed E-state index contributed by atoms with van der Waals surface area (Å²) in [4.78, 5) is 10.9. The van der Waals surface area contributed by atoms with Crippen molar-refractivity contribution >= 4 is 18.4 Å². The lowest BCUT2D eigenvalue weighted by Crippen LogP contribution is -2.14. The molecule has 0 bridgehead atoms. The first-order valence-corrected chi connectivity index (χ1v) is 4.80. The highest BCUT2D eigenvalue weighted by Gasteiger charge is 2.19. The van der Waals surface area contributed by atoms with E-state index in [-0.39, 0.29) is 23.7 Å². The van der Waals surface area contributed by atoms with Gasteiger partial charge in [0.05, 0.1) is 5.56 Å². The first-order valence-electron chi connectivity index (χ1n) is 4.80. The lowest BCUT2D eigenvalue weighted by Gasteiger charge is -2.15. The minimum absolute atomic E-state index is 0. The summed E-state index contributed by atoms with van der Waals surface area (Å²) >= 11 is 0. The molecule has 0 heterocycles. The van der Waals surface area contributed by atoms with Gasteiger partial charge in [-0.2, -0.15) is 0 Å². The molecule has 0 spiro atoms. The second-order valence-electron chi connectivity index (χ2n) is 3.51. The third kappa shape index (κ3) is 2.65. The van der Waals surface area contributed by atoms with Crippen molar-refractivity contribution in [3.8, 4) is 5.75 Å². The van der Waals surface area contributed by atoms with Gasteiger partial charge in [0.2, 0.25) is 0 Å². The zero-order valence-corrected chi connectivity index (χ0v) is 10.0. The van der Waals surface area contributed by atoms with Crippen LogP contribution in [0.1, 0.15) is 40.9 Å². The summed E-state index contributed by atoms with van der Waals surface area (Å²) in [5.74, 6) is -1.08. The molecule has 1 rings (SSSR count). The van der Waals surface area contributed by atoms with Crippen molar-refractivity contribution in [2.75, 3.05) is 0 Å². The summed E-state index contributed by atoms with van der Waals surface area (Å²) in [6, 6.07) is 2.60. The Labute approximate surface area is 100 Å². The number of rotatable bonds is 3. The molecule has 0 fully saturated rings. The number of phenolic OH excluding ortho intramolecular Hbond substituents is 1. The van der Waals surface area contributed by atoms with Crippen molar-refractivity contribution < 1.29 is 15.0 Å². The highest BCUT2D eigenvalue weighted by Crippen LogP contribution is 2.31. The quantitative estimate of drug-likeness (QED) is 0.763. The average molecular weight is 246 g/mol. The Morgan fingerprint density at radius 3 is 2.50 bits per heavy atom. The van der Waals surface area contributed by atoms with E-state index in [1.54, 1.807) is 13.0 Å². The number of carbonyl (C=O) groups is 1. The fourth-order valence-electron chi connectivity index (χ4n) is 1.48. The number of nitrogens with two attached hydrogens (primary N) is 1. The molecular weight excluding hydrogens is 230 g/mol. The molecule has 0 aliphatic heterocycles. The van der Waals surface area contributed by atoms with Crippen LogP contribution in [0.4, 0.5) is 0 Å². The molecule has 0 aliphatic rings.